The van der Waals surface area contributed by atoms with Crippen molar-refractivity contribution in [2.24, 2.45) is 0 Å². The fourth-order valence-electron chi connectivity index (χ4n) is 3.95. The largest absolute Gasteiger partial charge is 0.454 e. The molecule has 1 aliphatic rings. The van der Waals surface area contributed by atoms with E-state index in [1.807, 2.05) is 30.3 Å². The van der Waals surface area contributed by atoms with Crippen LogP contribution in [0.25, 0.3) is 11.2 Å². The average molecular weight is 483 g/mol. The number of carbonyl (C=O) groups excluding carboxylic acids is 3. The number of aromatic nitrogens is 4. The van der Waals surface area contributed by atoms with Gasteiger partial charge in [0.1, 0.15) is 6.54 Å². The minimum atomic E-state index is -0.947. The molecule has 3 heterocycles. The third-order valence-electron chi connectivity index (χ3n) is 5.72. The summed E-state index contributed by atoms with van der Waals surface area (Å²) in [5, 5.41) is 0. The predicted octanol–water partition coefficient (Wildman–Crippen LogP) is -0.253. The number of carbonyl (C=O) groups is 3. The Morgan fingerprint density at radius 2 is 1.86 bits per heavy atom. The number of likely N-dealkylation sites (tertiary alicyclic amines) is 1. The fourth-order valence-corrected chi connectivity index (χ4v) is 3.95. The lowest BCUT2D eigenvalue weighted by molar-refractivity contribution is -0.155. The molecule has 4 rings (SSSR count). The molecule has 35 heavy (non-hydrogen) atoms. The van der Waals surface area contributed by atoms with Gasteiger partial charge in [-0.15, -0.1) is 0 Å². The molecule has 0 spiro atoms. The van der Waals surface area contributed by atoms with Gasteiger partial charge >= 0.3 is 11.7 Å². The van der Waals surface area contributed by atoms with Crippen LogP contribution in [0.5, 0.6) is 0 Å². The number of amides is 2. The Morgan fingerprint density at radius 1 is 1.09 bits per heavy atom. The van der Waals surface area contributed by atoms with Crippen molar-refractivity contribution in [3.8, 4) is 0 Å². The van der Waals surface area contributed by atoms with Crippen molar-refractivity contribution in [2.45, 2.75) is 32.5 Å². The van der Waals surface area contributed by atoms with Crippen LogP contribution < -0.4 is 11.2 Å². The first-order valence-corrected chi connectivity index (χ1v) is 11.1. The summed E-state index contributed by atoms with van der Waals surface area (Å²) in [6, 6.07) is 9.15. The van der Waals surface area contributed by atoms with Crippen molar-refractivity contribution in [1.29, 1.82) is 0 Å². The highest BCUT2D eigenvalue weighted by Gasteiger charge is 2.27. The Kier molecular flexibility index (Phi) is 7.20. The molecule has 1 saturated heterocycles. The van der Waals surface area contributed by atoms with Crippen LogP contribution in [0.15, 0.2) is 46.2 Å². The summed E-state index contributed by atoms with van der Waals surface area (Å²) in [4.78, 5) is 68.2. The molecule has 1 aromatic carbocycles. The van der Waals surface area contributed by atoms with Crippen molar-refractivity contribution in [2.75, 3.05) is 26.9 Å². The second-order valence-electron chi connectivity index (χ2n) is 8.05. The molecule has 1 fully saturated rings. The van der Waals surface area contributed by atoms with Gasteiger partial charge in [0.2, 0.25) is 5.91 Å². The van der Waals surface area contributed by atoms with Gasteiger partial charge in [0.05, 0.1) is 19.5 Å². The first-order valence-electron chi connectivity index (χ1n) is 11.1. The van der Waals surface area contributed by atoms with Crippen LogP contribution in [0.4, 0.5) is 0 Å². The molecular formula is C23H25N5O7. The first kappa shape index (κ1) is 24.1. The van der Waals surface area contributed by atoms with Crippen molar-refractivity contribution >= 4 is 28.9 Å². The molecule has 12 nitrogen and oxygen atoms in total. The summed E-state index contributed by atoms with van der Waals surface area (Å²) < 4.78 is 13.7. The zero-order chi connectivity index (χ0) is 24.9. The minimum absolute atomic E-state index is 0.127. The van der Waals surface area contributed by atoms with E-state index in [1.54, 1.807) is 4.57 Å². The van der Waals surface area contributed by atoms with E-state index in [9.17, 15) is 24.0 Å². The Bertz CT molecular complexity index is 1370. The number of imide groups is 1. The quantitative estimate of drug-likeness (QED) is 0.380. The molecule has 0 atom stereocenters. The molecule has 2 aromatic heterocycles. The summed E-state index contributed by atoms with van der Waals surface area (Å²) in [6.07, 6.45) is 2.28. The van der Waals surface area contributed by atoms with Gasteiger partial charge in [-0.2, -0.15) is 0 Å². The normalized spacial score (nSPS) is 13.5. The van der Waals surface area contributed by atoms with Gasteiger partial charge in [-0.3, -0.25) is 28.6 Å². The maximum atomic E-state index is 13.3. The Labute approximate surface area is 199 Å². The third kappa shape index (κ3) is 5.06. The van der Waals surface area contributed by atoms with E-state index in [-0.39, 0.29) is 36.6 Å². The Morgan fingerprint density at radius 3 is 2.54 bits per heavy atom. The standard InChI is InChI=1S/C23H25N5O7/c1-34-11-10-25-15-24-21-20(25)22(32)28(23(33)27(21)12-16-6-3-2-4-7-16)13-19(31)35-14-18(30)26-9-5-8-17(26)29/h2-4,6-7,15H,5,8-14H2,1H3. The van der Waals surface area contributed by atoms with Crippen LogP contribution >= 0.6 is 0 Å². The van der Waals surface area contributed by atoms with Crippen LogP contribution in [-0.2, 0) is 43.5 Å². The summed E-state index contributed by atoms with van der Waals surface area (Å²) in [5.74, 6) is -1.90. The first-order chi connectivity index (χ1) is 16.9. The van der Waals surface area contributed by atoms with Crippen molar-refractivity contribution < 1.29 is 23.9 Å². The molecule has 0 aliphatic carbocycles. The fraction of sp³-hybridized carbons (Fsp3) is 0.391. The van der Waals surface area contributed by atoms with Gasteiger partial charge in [0, 0.05) is 26.6 Å². The van der Waals surface area contributed by atoms with Gasteiger partial charge in [0.15, 0.2) is 17.8 Å². The molecular weight excluding hydrogens is 458 g/mol. The van der Waals surface area contributed by atoms with E-state index in [2.05, 4.69) is 4.98 Å². The number of nitrogens with zero attached hydrogens (tertiary/aromatic N) is 5. The van der Waals surface area contributed by atoms with E-state index in [1.165, 1.54) is 18.0 Å². The number of esters is 1. The number of methoxy groups -OCH3 is 1. The zero-order valence-electron chi connectivity index (χ0n) is 19.2. The molecule has 2 amide bonds. The monoisotopic (exact) mass is 483 g/mol. The lowest BCUT2D eigenvalue weighted by Gasteiger charge is -2.14. The molecule has 0 radical (unpaired) electrons. The van der Waals surface area contributed by atoms with Crippen molar-refractivity contribution in [3.05, 3.63) is 63.1 Å². The van der Waals surface area contributed by atoms with Gasteiger partial charge in [0.25, 0.3) is 11.5 Å². The highest BCUT2D eigenvalue weighted by atomic mass is 16.5. The lowest BCUT2D eigenvalue weighted by Crippen LogP contribution is -2.43. The molecule has 0 N–H and O–H groups in total. The van der Waals surface area contributed by atoms with Crippen LogP contribution in [-0.4, -0.2) is 68.2 Å². The van der Waals surface area contributed by atoms with Crippen LogP contribution in [0.3, 0.4) is 0 Å². The molecule has 0 bridgehead atoms. The molecule has 0 saturated carbocycles. The number of ether oxygens (including phenoxy) is 2. The van der Waals surface area contributed by atoms with Crippen LogP contribution in [0, 0.1) is 0 Å². The summed E-state index contributed by atoms with van der Waals surface area (Å²) in [5.41, 5.74) is -0.310. The van der Waals surface area contributed by atoms with E-state index in [4.69, 9.17) is 9.47 Å². The number of fused-ring (bicyclic) bond motifs is 1. The number of hydrogen-bond donors (Lipinski definition) is 0. The Balaban J connectivity index is 1.64. The highest BCUT2D eigenvalue weighted by molar-refractivity contribution is 5.97. The minimum Gasteiger partial charge on any atom is -0.454 e. The zero-order valence-corrected chi connectivity index (χ0v) is 19.2. The second kappa shape index (κ2) is 10.5. The highest BCUT2D eigenvalue weighted by Crippen LogP contribution is 2.11. The van der Waals surface area contributed by atoms with Crippen LogP contribution in [0.2, 0.25) is 0 Å². The average Bonchev–Trinajstić information content (AvgIpc) is 3.48. The van der Waals surface area contributed by atoms with Gasteiger partial charge in [-0.1, -0.05) is 30.3 Å². The molecule has 1 aliphatic heterocycles. The summed E-state index contributed by atoms with van der Waals surface area (Å²) >= 11 is 0. The SMILES string of the molecule is COCCn1cnc2c1c(=O)n(CC(=O)OCC(=O)N1CCCC1=O)c(=O)n2Cc1ccccc1. The summed E-state index contributed by atoms with van der Waals surface area (Å²) in [7, 11) is 1.52. The molecule has 3 aromatic rings. The summed E-state index contributed by atoms with van der Waals surface area (Å²) in [6.45, 7) is -0.315. The number of benzene rings is 1. The van der Waals surface area contributed by atoms with Gasteiger partial charge < -0.3 is 14.0 Å². The topological polar surface area (TPSA) is 135 Å². The number of imidazole rings is 1. The second-order valence-corrected chi connectivity index (χ2v) is 8.05. The third-order valence-corrected chi connectivity index (χ3v) is 5.72. The Hall–Kier alpha value is -4.06. The lowest BCUT2D eigenvalue weighted by atomic mass is 10.2. The number of rotatable bonds is 9. The van der Waals surface area contributed by atoms with E-state index in [0.29, 0.717) is 19.6 Å². The van der Waals surface area contributed by atoms with Crippen molar-refractivity contribution in [1.82, 2.24) is 23.6 Å². The van der Waals surface area contributed by atoms with E-state index in [0.717, 1.165) is 15.0 Å². The maximum Gasteiger partial charge on any atom is 0.333 e. The molecule has 12 heteroatoms. The maximum absolute atomic E-state index is 13.3. The van der Waals surface area contributed by atoms with E-state index < -0.39 is 36.3 Å². The van der Waals surface area contributed by atoms with Gasteiger partial charge in [-0.05, 0) is 12.0 Å². The molecule has 184 valence electrons. The van der Waals surface area contributed by atoms with Crippen molar-refractivity contribution in [3.63, 3.8) is 0 Å². The van der Waals surface area contributed by atoms with Gasteiger partial charge in [-0.25, -0.2) is 14.3 Å². The van der Waals surface area contributed by atoms with Crippen LogP contribution in [0.1, 0.15) is 18.4 Å². The smallest absolute Gasteiger partial charge is 0.333 e. The van der Waals surface area contributed by atoms with E-state index >= 15 is 0 Å². The number of hydrogen-bond acceptors (Lipinski definition) is 8. The predicted molar refractivity (Wildman–Crippen MR) is 123 cm³/mol. The molecule has 0 unspecified atom stereocenters.